The second kappa shape index (κ2) is 4.75. The van der Waals surface area contributed by atoms with Crippen molar-refractivity contribution in [1.82, 2.24) is 4.98 Å². The molecule has 0 amide bonds. The minimum atomic E-state index is -0.370. The maximum Gasteiger partial charge on any atom is 0.213 e. The molecule has 0 spiro atoms. The second-order valence-electron chi connectivity index (χ2n) is 3.57. The summed E-state index contributed by atoms with van der Waals surface area (Å²) in [5, 5.41) is 2.97. The summed E-state index contributed by atoms with van der Waals surface area (Å²) in [6.45, 7) is 2.17. The van der Waals surface area contributed by atoms with E-state index in [-0.39, 0.29) is 5.82 Å². The van der Waals surface area contributed by atoms with Crippen molar-refractivity contribution in [3.63, 3.8) is 0 Å². The molecular formula is C11H11BrFN3O. The Balaban J connectivity index is 2.11. The number of nitrogens with zero attached hydrogens (tertiary/aromatic N) is 1. The molecule has 3 N–H and O–H groups in total. The minimum Gasteiger partial charge on any atom is -0.444 e. The summed E-state index contributed by atoms with van der Waals surface area (Å²) in [7, 11) is 0. The van der Waals surface area contributed by atoms with Crippen LogP contribution in [0, 0.1) is 12.7 Å². The number of oxazole rings is 1. The van der Waals surface area contributed by atoms with Crippen molar-refractivity contribution in [1.29, 1.82) is 0 Å². The lowest BCUT2D eigenvalue weighted by Gasteiger charge is -2.08. The molecular weight excluding hydrogens is 289 g/mol. The minimum absolute atomic E-state index is 0.340. The number of hydrogen-bond acceptors (Lipinski definition) is 4. The van der Waals surface area contributed by atoms with Crippen molar-refractivity contribution in [2.24, 2.45) is 0 Å². The number of rotatable bonds is 3. The molecule has 2 aromatic rings. The Morgan fingerprint density at radius 2 is 2.29 bits per heavy atom. The van der Waals surface area contributed by atoms with Crippen molar-refractivity contribution in [2.75, 3.05) is 11.1 Å². The highest BCUT2D eigenvalue weighted by atomic mass is 79.9. The molecule has 0 radical (unpaired) electrons. The molecule has 0 bridgehead atoms. The van der Waals surface area contributed by atoms with Crippen molar-refractivity contribution in [3.05, 3.63) is 40.3 Å². The van der Waals surface area contributed by atoms with E-state index in [4.69, 9.17) is 10.2 Å². The van der Waals surface area contributed by atoms with Crippen LogP contribution in [-0.2, 0) is 6.54 Å². The zero-order valence-electron chi connectivity index (χ0n) is 9.13. The van der Waals surface area contributed by atoms with E-state index in [1.165, 1.54) is 12.1 Å². The number of nitrogens with one attached hydrogen (secondary N) is 1. The van der Waals surface area contributed by atoms with Crippen LogP contribution in [0.2, 0.25) is 0 Å². The van der Waals surface area contributed by atoms with Gasteiger partial charge in [-0.3, -0.25) is 0 Å². The smallest absolute Gasteiger partial charge is 0.213 e. The number of benzene rings is 1. The molecule has 6 heteroatoms. The Morgan fingerprint density at radius 3 is 2.94 bits per heavy atom. The van der Waals surface area contributed by atoms with Gasteiger partial charge in [-0.15, -0.1) is 0 Å². The predicted molar refractivity (Wildman–Crippen MR) is 67.1 cm³/mol. The molecule has 0 aliphatic carbocycles. The van der Waals surface area contributed by atoms with Crippen LogP contribution >= 0.6 is 15.9 Å². The number of hydrogen-bond donors (Lipinski definition) is 2. The average molecular weight is 300 g/mol. The Bertz CT molecular complexity index is 542. The second-order valence-corrected chi connectivity index (χ2v) is 4.43. The lowest BCUT2D eigenvalue weighted by Crippen LogP contribution is -2.03. The third kappa shape index (κ3) is 2.76. The van der Waals surface area contributed by atoms with Crippen molar-refractivity contribution in [3.8, 4) is 0 Å². The van der Waals surface area contributed by atoms with Gasteiger partial charge in [0.25, 0.3) is 0 Å². The summed E-state index contributed by atoms with van der Waals surface area (Å²) in [5.74, 6) is 0.896. The summed E-state index contributed by atoms with van der Waals surface area (Å²) in [6.07, 6.45) is 1.63. The van der Waals surface area contributed by atoms with Gasteiger partial charge in [0, 0.05) is 6.07 Å². The topological polar surface area (TPSA) is 64.1 Å². The van der Waals surface area contributed by atoms with E-state index in [9.17, 15) is 4.39 Å². The first-order chi connectivity index (χ1) is 8.06. The van der Waals surface area contributed by atoms with E-state index < -0.39 is 0 Å². The zero-order chi connectivity index (χ0) is 12.4. The SMILES string of the molecule is Cc1cnc(CNc2cc(F)c(Br)cc2N)o1. The van der Waals surface area contributed by atoms with Crippen LogP contribution < -0.4 is 11.1 Å². The van der Waals surface area contributed by atoms with E-state index >= 15 is 0 Å². The van der Waals surface area contributed by atoms with E-state index in [0.29, 0.717) is 28.3 Å². The van der Waals surface area contributed by atoms with Crippen LogP contribution in [0.5, 0.6) is 0 Å². The maximum atomic E-state index is 13.3. The Kier molecular flexibility index (Phi) is 3.33. The summed E-state index contributed by atoms with van der Waals surface area (Å²) in [6, 6.07) is 2.84. The van der Waals surface area contributed by atoms with Gasteiger partial charge in [0.1, 0.15) is 11.6 Å². The lowest BCUT2D eigenvalue weighted by atomic mass is 10.2. The van der Waals surface area contributed by atoms with E-state index in [1.807, 2.05) is 6.92 Å². The quantitative estimate of drug-likeness (QED) is 0.855. The first-order valence-corrected chi connectivity index (χ1v) is 5.75. The molecule has 2 rings (SSSR count). The molecule has 0 saturated carbocycles. The van der Waals surface area contributed by atoms with Gasteiger partial charge in [-0.05, 0) is 28.9 Å². The number of anilines is 2. The predicted octanol–water partition coefficient (Wildman–Crippen LogP) is 3.08. The number of nitrogen functional groups attached to an aromatic ring is 1. The standard InChI is InChI=1S/C11H11BrFN3O/c1-6-4-16-11(17-6)5-15-10-3-8(13)7(12)2-9(10)14/h2-4,15H,5,14H2,1H3. The molecule has 0 aliphatic rings. The molecule has 1 heterocycles. The number of aryl methyl sites for hydroxylation is 1. The lowest BCUT2D eigenvalue weighted by molar-refractivity contribution is 0.479. The fourth-order valence-electron chi connectivity index (χ4n) is 1.37. The van der Waals surface area contributed by atoms with Crippen molar-refractivity contribution in [2.45, 2.75) is 13.5 Å². The third-order valence-electron chi connectivity index (χ3n) is 2.19. The van der Waals surface area contributed by atoms with Crippen LogP contribution in [-0.4, -0.2) is 4.98 Å². The molecule has 0 aliphatic heterocycles. The zero-order valence-corrected chi connectivity index (χ0v) is 10.7. The van der Waals surface area contributed by atoms with E-state index in [1.54, 1.807) is 6.20 Å². The van der Waals surface area contributed by atoms with Gasteiger partial charge in [0.15, 0.2) is 0 Å². The molecule has 4 nitrogen and oxygen atoms in total. The van der Waals surface area contributed by atoms with Gasteiger partial charge < -0.3 is 15.5 Å². The average Bonchev–Trinajstić information content (AvgIpc) is 2.68. The van der Waals surface area contributed by atoms with Crippen LogP contribution in [0.3, 0.4) is 0 Å². The molecule has 0 fully saturated rings. The molecule has 1 aromatic heterocycles. The van der Waals surface area contributed by atoms with Gasteiger partial charge in [0.2, 0.25) is 5.89 Å². The fraction of sp³-hybridized carbons (Fsp3) is 0.182. The van der Waals surface area contributed by atoms with E-state index in [0.717, 1.165) is 5.76 Å². The normalized spacial score (nSPS) is 10.5. The molecule has 17 heavy (non-hydrogen) atoms. The third-order valence-corrected chi connectivity index (χ3v) is 2.80. The van der Waals surface area contributed by atoms with Crippen LogP contribution in [0.25, 0.3) is 0 Å². The maximum absolute atomic E-state index is 13.3. The summed E-state index contributed by atoms with van der Waals surface area (Å²) < 4.78 is 18.9. The van der Waals surface area contributed by atoms with Crippen LogP contribution in [0.4, 0.5) is 15.8 Å². The number of halogens is 2. The first-order valence-electron chi connectivity index (χ1n) is 4.96. The highest BCUT2D eigenvalue weighted by molar-refractivity contribution is 9.10. The summed E-state index contributed by atoms with van der Waals surface area (Å²) in [4.78, 5) is 4.03. The highest BCUT2D eigenvalue weighted by Gasteiger charge is 2.07. The molecule has 0 unspecified atom stereocenters. The first kappa shape index (κ1) is 11.9. The van der Waals surface area contributed by atoms with Crippen molar-refractivity contribution >= 4 is 27.3 Å². The van der Waals surface area contributed by atoms with Gasteiger partial charge in [-0.1, -0.05) is 0 Å². The Morgan fingerprint density at radius 1 is 1.53 bits per heavy atom. The molecule has 0 atom stereocenters. The van der Waals surface area contributed by atoms with Gasteiger partial charge in [-0.2, -0.15) is 0 Å². The Labute approximate surface area is 106 Å². The molecule has 90 valence electrons. The molecule has 0 saturated heterocycles. The van der Waals surface area contributed by atoms with E-state index in [2.05, 4.69) is 26.2 Å². The number of nitrogens with two attached hydrogens (primary N) is 1. The van der Waals surface area contributed by atoms with Gasteiger partial charge in [-0.25, -0.2) is 9.37 Å². The fourth-order valence-corrected chi connectivity index (χ4v) is 1.73. The highest BCUT2D eigenvalue weighted by Crippen LogP contribution is 2.26. The Hall–Kier alpha value is -1.56. The number of aromatic nitrogens is 1. The van der Waals surface area contributed by atoms with Gasteiger partial charge >= 0.3 is 0 Å². The van der Waals surface area contributed by atoms with Crippen LogP contribution in [0.15, 0.2) is 27.2 Å². The summed E-state index contributed by atoms with van der Waals surface area (Å²) in [5.41, 5.74) is 6.72. The summed E-state index contributed by atoms with van der Waals surface area (Å²) >= 11 is 3.07. The largest absolute Gasteiger partial charge is 0.444 e. The van der Waals surface area contributed by atoms with Crippen molar-refractivity contribution < 1.29 is 8.81 Å². The monoisotopic (exact) mass is 299 g/mol. The van der Waals surface area contributed by atoms with Gasteiger partial charge in [0.05, 0.1) is 28.6 Å². The van der Waals surface area contributed by atoms with Crippen LogP contribution in [0.1, 0.15) is 11.7 Å². The molecule has 1 aromatic carbocycles.